The molecule has 2 unspecified atom stereocenters. The van der Waals surface area contributed by atoms with Crippen molar-refractivity contribution < 1.29 is 14.7 Å². The van der Waals surface area contributed by atoms with Crippen LogP contribution in [0.2, 0.25) is 8.67 Å². The Labute approximate surface area is 104 Å². The van der Waals surface area contributed by atoms with E-state index in [9.17, 15) is 4.79 Å². The zero-order valence-corrected chi connectivity index (χ0v) is 9.86. The van der Waals surface area contributed by atoms with Gasteiger partial charge < -0.3 is 15.3 Å². The molecule has 0 radical (unpaired) electrons. The molecule has 1 aromatic rings. The Morgan fingerprint density at radius 2 is 2.19 bits per heavy atom. The first-order chi connectivity index (χ1) is 7.63. The number of amides is 1. The van der Waals surface area contributed by atoms with Gasteiger partial charge in [-0.3, -0.25) is 0 Å². The van der Waals surface area contributed by atoms with Crippen LogP contribution in [0.5, 0.6) is 0 Å². The monoisotopic (exact) mass is 278 g/mol. The van der Waals surface area contributed by atoms with Crippen molar-refractivity contribution in [1.29, 1.82) is 0 Å². The maximum Gasteiger partial charge on any atom is 0.408 e. The maximum atomic E-state index is 11.1. The standard InChI is InChI=1S/C8H4Cl2N2O3S/c9-6-1-2(7(10)16-6)4(12-14)5-3(1)11-8(13)15-5/h3,5,14H,(H,11,13)/b12-4+. The van der Waals surface area contributed by atoms with Gasteiger partial charge in [-0.2, -0.15) is 0 Å². The van der Waals surface area contributed by atoms with Crippen LogP contribution in [0, 0.1) is 0 Å². The summed E-state index contributed by atoms with van der Waals surface area (Å²) in [6.07, 6.45) is -1.20. The van der Waals surface area contributed by atoms with Gasteiger partial charge in [-0.15, -0.1) is 11.3 Å². The average Bonchev–Trinajstić information content (AvgIpc) is 2.78. The lowest BCUT2D eigenvalue weighted by molar-refractivity contribution is 0.160. The summed E-state index contributed by atoms with van der Waals surface area (Å²) in [6, 6.07) is -0.412. The Morgan fingerprint density at radius 3 is 2.88 bits per heavy atom. The largest absolute Gasteiger partial charge is 0.437 e. The van der Waals surface area contributed by atoms with Gasteiger partial charge in [-0.25, -0.2) is 4.79 Å². The van der Waals surface area contributed by atoms with Crippen LogP contribution in [-0.2, 0) is 4.74 Å². The van der Waals surface area contributed by atoms with Crippen LogP contribution in [0.4, 0.5) is 4.79 Å². The molecule has 2 aliphatic rings. The molecule has 1 amide bonds. The Bertz CT molecular complexity index is 528. The number of thiophene rings is 1. The first-order valence-corrected chi connectivity index (χ1v) is 5.88. The molecule has 0 saturated carbocycles. The Balaban J connectivity index is 2.23. The highest BCUT2D eigenvalue weighted by Crippen LogP contribution is 2.48. The molecule has 1 aliphatic carbocycles. The van der Waals surface area contributed by atoms with E-state index in [1.165, 1.54) is 11.3 Å². The molecule has 8 heteroatoms. The Kier molecular flexibility index (Phi) is 2.07. The number of ether oxygens (including phenoxy) is 1. The first-order valence-electron chi connectivity index (χ1n) is 4.30. The van der Waals surface area contributed by atoms with Gasteiger partial charge in [0, 0.05) is 11.1 Å². The number of fused-ring (bicyclic) bond motifs is 3. The number of hydrogen-bond donors (Lipinski definition) is 2. The third-order valence-corrected chi connectivity index (χ3v) is 4.25. The van der Waals surface area contributed by atoms with Crippen molar-refractivity contribution in [2.24, 2.45) is 5.16 Å². The summed E-state index contributed by atoms with van der Waals surface area (Å²) in [5, 5.41) is 14.7. The molecule has 1 aromatic heterocycles. The SMILES string of the molecule is O=C1NC2c3c(Cl)sc(Cl)c3/C(=N\O)C2O1. The van der Waals surface area contributed by atoms with Gasteiger partial charge in [0.25, 0.3) is 0 Å². The summed E-state index contributed by atoms with van der Waals surface area (Å²) < 4.78 is 5.89. The third kappa shape index (κ3) is 1.12. The second-order valence-corrected chi connectivity index (χ2v) is 5.60. The van der Waals surface area contributed by atoms with Crippen LogP contribution in [0.1, 0.15) is 17.2 Å². The molecule has 84 valence electrons. The van der Waals surface area contributed by atoms with Gasteiger partial charge in [-0.05, 0) is 0 Å². The van der Waals surface area contributed by atoms with Crippen molar-refractivity contribution in [3.05, 3.63) is 19.8 Å². The van der Waals surface area contributed by atoms with Crippen molar-refractivity contribution in [2.45, 2.75) is 12.1 Å². The summed E-state index contributed by atoms with van der Waals surface area (Å²) in [5.41, 5.74) is 1.47. The minimum Gasteiger partial charge on any atom is -0.437 e. The van der Waals surface area contributed by atoms with Crippen molar-refractivity contribution >= 4 is 46.3 Å². The van der Waals surface area contributed by atoms with Gasteiger partial charge in [0.05, 0.1) is 0 Å². The number of halogens is 2. The molecule has 1 fully saturated rings. The predicted octanol–water partition coefficient (Wildman–Crippen LogP) is 2.40. The van der Waals surface area contributed by atoms with Crippen molar-refractivity contribution in [2.75, 3.05) is 0 Å². The number of carbonyl (C=O) groups is 1. The Morgan fingerprint density at radius 1 is 1.44 bits per heavy atom. The molecular formula is C8H4Cl2N2O3S. The van der Waals surface area contributed by atoms with Crippen LogP contribution in [0.15, 0.2) is 5.16 Å². The van der Waals surface area contributed by atoms with Crippen LogP contribution in [0.25, 0.3) is 0 Å². The molecule has 3 rings (SSSR count). The topological polar surface area (TPSA) is 70.9 Å². The fraction of sp³-hybridized carbons (Fsp3) is 0.250. The molecule has 1 aliphatic heterocycles. The minimum atomic E-state index is -0.647. The number of alkyl carbamates (subject to hydrolysis) is 1. The van der Waals surface area contributed by atoms with E-state index in [0.717, 1.165) is 0 Å². The smallest absolute Gasteiger partial charge is 0.408 e. The number of nitrogens with zero attached hydrogens (tertiary/aromatic N) is 1. The van der Waals surface area contributed by atoms with Gasteiger partial charge in [0.1, 0.15) is 20.4 Å². The molecule has 0 bridgehead atoms. The highest BCUT2D eigenvalue weighted by Gasteiger charge is 2.50. The van der Waals surface area contributed by atoms with Crippen molar-refractivity contribution in [3.63, 3.8) is 0 Å². The fourth-order valence-electron chi connectivity index (χ4n) is 2.01. The predicted molar refractivity (Wildman–Crippen MR) is 58.8 cm³/mol. The molecular weight excluding hydrogens is 275 g/mol. The molecule has 5 nitrogen and oxygen atoms in total. The molecule has 2 N–H and O–H groups in total. The summed E-state index contributed by atoms with van der Waals surface area (Å²) in [7, 11) is 0. The van der Waals surface area contributed by atoms with E-state index in [-0.39, 0.29) is 5.71 Å². The Hall–Kier alpha value is -0.980. The van der Waals surface area contributed by atoms with Crippen LogP contribution < -0.4 is 5.32 Å². The van der Waals surface area contributed by atoms with Gasteiger partial charge in [0.15, 0.2) is 6.10 Å². The van der Waals surface area contributed by atoms with Gasteiger partial charge in [-0.1, -0.05) is 28.4 Å². The lowest BCUT2D eigenvalue weighted by Crippen LogP contribution is -2.21. The molecule has 0 aromatic carbocycles. The summed E-state index contributed by atoms with van der Waals surface area (Å²) >= 11 is 13.2. The highest BCUT2D eigenvalue weighted by molar-refractivity contribution is 7.20. The van der Waals surface area contributed by atoms with E-state index in [1.807, 2.05) is 0 Å². The lowest BCUT2D eigenvalue weighted by Gasteiger charge is -2.06. The summed E-state index contributed by atoms with van der Waals surface area (Å²) in [6.45, 7) is 0. The number of hydrogen-bond acceptors (Lipinski definition) is 5. The zero-order valence-electron chi connectivity index (χ0n) is 7.53. The number of rotatable bonds is 0. The second-order valence-electron chi connectivity index (χ2n) is 3.37. The average molecular weight is 279 g/mol. The molecule has 2 heterocycles. The number of nitrogens with one attached hydrogen (secondary N) is 1. The summed E-state index contributed by atoms with van der Waals surface area (Å²) in [5.74, 6) is 0. The van der Waals surface area contributed by atoms with Gasteiger partial charge in [0.2, 0.25) is 0 Å². The van der Waals surface area contributed by atoms with Gasteiger partial charge >= 0.3 is 6.09 Å². The van der Waals surface area contributed by atoms with Crippen LogP contribution >= 0.6 is 34.5 Å². The lowest BCUT2D eigenvalue weighted by atomic mass is 10.2. The highest BCUT2D eigenvalue weighted by atomic mass is 35.5. The van der Waals surface area contributed by atoms with E-state index in [2.05, 4.69) is 10.5 Å². The second kappa shape index (κ2) is 3.26. The van der Waals surface area contributed by atoms with Crippen LogP contribution in [-0.4, -0.2) is 23.1 Å². The molecule has 1 saturated heterocycles. The van der Waals surface area contributed by atoms with E-state index >= 15 is 0 Å². The van der Waals surface area contributed by atoms with Crippen molar-refractivity contribution in [3.8, 4) is 0 Å². The van der Waals surface area contributed by atoms with Crippen LogP contribution in [0.3, 0.4) is 0 Å². The maximum absolute atomic E-state index is 11.1. The zero-order chi connectivity index (χ0) is 11.4. The third-order valence-electron chi connectivity index (χ3n) is 2.61. The van der Waals surface area contributed by atoms with Crippen molar-refractivity contribution in [1.82, 2.24) is 5.32 Å². The number of oxime groups is 1. The van der Waals surface area contributed by atoms with E-state index < -0.39 is 18.2 Å². The van der Waals surface area contributed by atoms with E-state index in [1.54, 1.807) is 0 Å². The number of carbonyl (C=O) groups excluding carboxylic acids is 1. The quantitative estimate of drug-likeness (QED) is 0.566. The first kappa shape index (κ1) is 10.2. The molecule has 2 atom stereocenters. The normalized spacial score (nSPS) is 28.9. The molecule has 0 spiro atoms. The summed E-state index contributed by atoms with van der Waals surface area (Å²) in [4.78, 5) is 11.1. The minimum absolute atomic E-state index is 0.242. The fourth-order valence-corrected chi connectivity index (χ4v) is 3.82. The molecule has 16 heavy (non-hydrogen) atoms. The van der Waals surface area contributed by atoms with E-state index in [0.29, 0.717) is 19.8 Å². The van der Waals surface area contributed by atoms with E-state index in [4.69, 9.17) is 33.1 Å².